The SMILES string of the molecule is CC(C)c1cccc(C(=O)C(=O)c2cccc(C(C)C)c2)c1. The van der Waals surface area contributed by atoms with Gasteiger partial charge in [0, 0.05) is 11.1 Å². The fourth-order valence-corrected chi connectivity index (χ4v) is 2.34. The summed E-state index contributed by atoms with van der Waals surface area (Å²) in [4.78, 5) is 24.9. The summed E-state index contributed by atoms with van der Waals surface area (Å²) in [7, 11) is 0. The summed E-state index contributed by atoms with van der Waals surface area (Å²) in [5, 5.41) is 0. The molecule has 0 atom stereocenters. The second-order valence-electron chi connectivity index (χ2n) is 6.22. The van der Waals surface area contributed by atoms with Crippen LogP contribution in [0.4, 0.5) is 0 Å². The Bertz CT molecular complexity index is 635. The molecule has 0 radical (unpaired) electrons. The first-order chi connectivity index (χ1) is 10.4. The molecular formula is C20H22O2. The van der Waals surface area contributed by atoms with E-state index in [2.05, 4.69) is 27.7 Å². The maximum atomic E-state index is 12.5. The van der Waals surface area contributed by atoms with Gasteiger partial charge in [-0.3, -0.25) is 9.59 Å². The van der Waals surface area contributed by atoms with Gasteiger partial charge in [0.2, 0.25) is 11.6 Å². The Morgan fingerprint density at radius 1 is 0.682 bits per heavy atom. The molecule has 114 valence electrons. The van der Waals surface area contributed by atoms with Crippen LogP contribution in [0, 0.1) is 0 Å². The number of carbonyl (C=O) groups is 2. The lowest BCUT2D eigenvalue weighted by Gasteiger charge is -2.09. The molecule has 2 nitrogen and oxygen atoms in total. The average molecular weight is 294 g/mol. The molecule has 2 aromatic carbocycles. The third kappa shape index (κ3) is 3.51. The zero-order valence-corrected chi connectivity index (χ0v) is 13.6. The molecule has 0 spiro atoms. The van der Waals surface area contributed by atoms with Crippen LogP contribution in [0.2, 0.25) is 0 Å². The minimum Gasteiger partial charge on any atom is -0.285 e. The van der Waals surface area contributed by atoms with E-state index in [1.54, 1.807) is 12.1 Å². The van der Waals surface area contributed by atoms with Crippen molar-refractivity contribution in [1.82, 2.24) is 0 Å². The first-order valence-corrected chi connectivity index (χ1v) is 7.69. The van der Waals surface area contributed by atoms with Gasteiger partial charge in [-0.15, -0.1) is 0 Å². The third-order valence-electron chi connectivity index (χ3n) is 3.84. The minimum absolute atomic E-state index is 0.326. The molecule has 2 heteroatoms. The van der Waals surface area contributed by atoms with Gasteiger partial charge in [0.15, 0.2) is 0 Å². The van der Waals surface area contributed by atoms with E-state index in [1.165, 1.54) is 0 Å². The quantitative estimate of drug-likeness (QED) is 0.574. The molecule has 0 amide bonds. The maximum absolute atomic E-state index is 12.5. The molecule has 0 fully saturated rings. The summed E-state index contributed by atoms with van der Waals surface area (Å²) in [6.07, 6.45) is 0. The number of hydrogen-bond acceptors (Lipinski definition) is 2. The summed E-state index contributed by atoms with van der Waals surface area (Å²) in [5.41, 5.74) is 3.06. The van der Waals surface area contributed by atoms with E-state index in [9.17, 15) is 9.59 Å². The van der Waals surface area contributed by atoms with Gasteiger partial charge in [-0.1, -0.05) is 64.1 Å². The van der Waals surface area contributed by atoms with Crippen molar-refractivity contribution >= 4 is 11.6 Å². The second-order valence-corrected chi connectivity index (χ2v) is 6.22. The number of Topliss-reactive ketones (excluding diaryl/α,β-unsaturated/α-hetero) is 2. The summed E-state index contributed by atoms with van der Waals surface area (Å²) in [6, 6.07) is 14.7. The van der Waals surface area contributed by atoms with E-state index >= 15 is 0 Å². The van der Waals surface area contributed by atoms with E-state index in [1.807, 2.05) is 36.4 Å². The van der Waals surface area contributed by atoms with Gasteiger partial charge in [0.05, 0.1) is 0 Å². The highest BCUT2D eigenvalue weighted by atomic mass is 16.2. The lowest BCUT2D eigenvalue weighted by atomic mass is 9.94. The van der Waals surface area contributed by atoms with Crippen molar-refractivity contribution in [1.29, 1.82) is 0 Å². The zero-order valence-electron chi connectivity index (χ0n) is 13.6. The van der Waals surface area contributed by atoms with Crippen LogP contribution in [0.3, 0.4) is 0 Å². The van der Waals surface area contributed by atoms with E-state index < -0.39 is 11.6 Å². The normalized spacial score (nSPS) is 11.0. The minimum atomic E-state index is -0.441. The van der Waals surface area contributed by atoms with Crippen molar-refractivity contribution in [2.45, 2.75) is 39.5 Å². The predicted octanol–water partition coefficient (Wildman–Crippen LogP) is 5.00. The molecule has 2 aromatic rings. The van der Waals surface area contributed by atoms with Crippen molar-refractivity contribution in [3.8, 4) is 0 Å². The second kappa shape index (κ2) is 6.69. The number of hydrogen-bond donors (Lipinski definition) is 0. The van der Waals surface area contributed by atoms with E-state index in [-0.39, 0.29) is 0 Å². The number of ketones is 2. The maximum Gasteiger partial charge on any atom is 0.233 e. The Labute approximate surface area is 132 Å². The van der Waals surface area contributed by atoms with Crippen LogP contribution >= 0.6 is 0 Å². The smallest absolute Gasteiger partial charge is 0.233 e. The molecule has 0 aliphatic rings. The van der Waals surface area contributed by atoms with Gasteiger partial charge in [-0.25, -0.2) is 0 Å². The summed E-state index contributed by atoms with van der Waals surface area (Å²) >= 11 is 0. The van der Waals surface area contributed by atoms with E-state index in [0.717, 1.165) is 11.1 Å². The standard InChI is InChI=1S/C20H22O2/c1-13(2)15-7-5-9-17(11-15)19(21)20(22)18-10-6-8-16(12-18)14(3)4/h5-14H,1-4H3. The molecule has 0 aliphatic carbocycles. The Kier molecular flexibility index (Phi) is 4.92. The number of rotatable bonds is 5. The van der Waals surface area contributed by atoms with Crippen LogP contribution < -0.4 is 0 Å². The fourth-order valence-electron chi connectivity index (χ4n) is 2.34. The first-order valence-electron chi connectivity index (χ1n) is 7.69. The lowest BCUT2D eigenvalue weighted by Crippen LogP contribution is -2.15. The van der Waals surface area contributed by atoms with Crippen LogP contribution in [-0.2, 0) is 0 Å². The first kappa shape index (κ1) is 16.2. The Morgan fingerprint density at radius 3 is 1.36 bits per heavy atom. The molecule has 22 heavy (non-hydrogen) atoms. The van der Waals surface area contributed by atoms with Gasteiger partial charge in [-0.05, 0) is 35.1 Å². The van der Waals surface area contributed by atoms with Crippen LogP contribution in [0.1, 0.15) is 71.4 Å². The lowest BCUT2D eigenvalue weighted by molar-refractivity contribution is 0.0817. The van der Waals surface area contributed by atoms with Gasteiger partial charge < -0.3 is 0 Å². The monoisotopic (exact) mass is 294 g/mol. The van der Waals surface area contributed by atoms with Crippen LogP contribution in [-0.4, -0.2) is 11.6 Å². The number of carbonyl (C=O) groups excluding carboxylic acids is 2. The van der Waals surface area contributed by atoms with Crippen molar-refractivity contribution in [2.75, 3.05) is 0 Å². The Balaban J connectivity index is 2.31. The topological polar surface area (TPSA) is 34.1 Å². The molecule has 0 aliphatic heterocycles. The van der Waals surface area contributed by atoms with Crippen molar-refractivity contribution in [3.05, 3.63) is 70.8 Å². The van der Waals surface area contributed by atoms with Gasteiger partial charge in [0.25, 0.3) is 0 Å². The van der Waals surface area contributed by atoms with Gasteiger partial charge in [-0.2, -0.15) is 0 Å². The molecule has 0 saturated heterocycles. The van der Waals surface area contributed by atoms with Crippen molar-refractivity contribution in [3.63, 3.8) is 0 Å². The highest BCUT2D eigenvalue weighted by molar-refractivity contribution is 6.49. The predicted molar refractivity (Wildman–Crippen MR) is 89.7 cm³/mol. The zero-order chi connectivity index (χ0) is 16.3. The highest BCUT2D eigenvalue weighted by Gasteiger charge is 2.19. The Morgan fingerprint density at radius 2 is 1.05 bits per heavy atom. The van der Waals surface area contributed by atoms with Crippen LogP contribution in [0.25, 0.3) is 0 Å². The molecule has 0 bridgehead atoms. The molecule has 2 rings (SSSR count). The highest BCUT2D eigenvalue weighted by Crippen LogP contribution is 2.19. The van der Waals surface area contributed by atoms with Crippen molar-refractivity contribution in [2.24, 2.45) is 0 Å². The molecule has 0 aromatic heterocycles. The molecular weight excluding hydrogens is 272 g/mol. The van der Waals surface area contributed by atoms with Crippen LogP contribution in [0.15, 0.2) is 48.5 Å². The largest absolute Gasteiger partial charge is 0.285 e. The van der Waals surface area contributed by atoms with E-state index in [0.29, 0.717) is 23.0 Å². The summed E-state index contributed by atoms with van der Waals surface area (Å²) in [5.74, 6) is -0.231. The van der Waals surface area contributed by atoms with Crippen LogP contribution in [0.5, 0.6) is 0 Å². The summed E-state index contributed by atoms with van der Waals surface area (Å²) < 4.78 is 0. The average Bonchev–Trinajstić information content (AvgIpc) is 2.53. The molecule has 0 N–H and O–H groups in total. The van der Waals surface area contributed by atoms with Gasteiger partial charge in [0.1, 0.15) is 0 Å². The molecule has 0 unspecified atom stereocenters. The van der Waals surface area contributed by atoms with Crippen molar-refractivity contribution < 1.29 is 9.59 Å². The fraction of sp³-hybridized carbons (Fsp3) is 0.300. The van der Waals surface area contributed by atoms with E-state index in [4.69, 9.17) is 0 Å². The third-order valence-corrected chi connectivity index (χ3v) is 3.84. The number of benzene rings is 2. The Hall–Kier alpha value is -2.22. The molecule has 0 heterocycles. The summed E-state index contributed by atoms with van der Waals surface area (Å²) in [6.45, 7) is 8.27. The molecule has 0 saturated carbocycles. The van der Waals surface area contributed by atoms with Gasteiger partial charge >= 0.3 is 0 Å².